The van der Waals surface area contributed by atoms with Crippen molar-refractivity contribution in [3.63, 3.8) is 0 Å². The summed E-state index contributed by atoms with van der Waals surface area (Å²) in [6.07, 6.45) is 70.3. The van der Waals surface area contributed by atoms with Crippen molar-refractivity contribution in [2.75, 3.05) is 13.2 Å². The van der Waals surface area contributed by atoms with Gasteiger partial charge in [0.05, 0.1) is 6.42 Å². The summed E-state index contributed by atoms with van der Waals surface area (Å²) in [5.41, 5.74) is 0. The molecule has 0 spiro atoms. The average molecular weight is 919 g/mol. The highest BCUT2D eigenvalue weighted by molar-refractivity contribution is 5.72. The normalized spacial score (nSPS) is 12.7. The van der Waals surface area contributed by atoms with E-state index in [2.05, 4.69) is 93.7 Å². The molecule has 378 valence electrons. The van der Waals surface area contributed by atoms with Crippen molar-refractivity contribution in [3.8, 4) is 0 Å². The molecule has 0 amide bonds. The largest absolute Gasteiger partial charge is 0.462 e. The van der Waals surface area contributed by atoms with E-state index in [9.17, 15) is 14.4 Å². The second-order valence-corrected chi connectivity index (χ2v) is 18.1. The topological polar surface area (TPSA) is 78.9 Å². The van der Waals surface area contributed by atoms with E-state index in [1.54, 1.807) is 6.08 Å². The van der Waals surface area contributed by atoms with E-state index in [-0.39, 0.29) is 31.6 Å². The number of ether oxygens (including phenoxy) is 3. The first kappa shape index (κ1) is 62.6. The Hall–Kier alpha value is -3.41. The predicted octanol–water partition coefficient (Wildman–Crippen LogP) is 18.4. The Labute approximate surface area is 407 Å². The number of esters is 3. The van der Waals surface area contributed by atoms with Crippen LogP contribution in [0, 0.1) is 0 Å². The van der Waals surface area contributed by atoms with Crippen LogP contribution < -0.4 is 0 Å². The molecule has 1 atom stereocenters. The first-order chi connectivity index (χ1) is 32.5. The van der Waals surface area contributed by atoms with Crippen LogP contribution in [0.3, 0.4) is 0 Å². The van der Waals surface area contributed by atoms with Gasteiger partial charge in [0.2, 0.25) is 0 Å². The molecule has 66 heavy (non-hydrogen) atoms. The van der Waals surface area contributed by atoms with Gasteiger partial charge in [-0.05, 0) is 77.0 Å². The van der Waals surface area contributed by atoms with Gasteiger partial charge >= 0.3 is 17.9 Å². The van der Waals surface area contributed by atoms with Crippen molar-refractivity contribution < 1.29 is 28.6 Å². The zero-order chi connectivity index (χ0) is 47.9. The molecule has 0 fully saturated rings. The maximum atomic E-state index is 12.8. The zero-order valence-electron chi connectivity index (χ0n) is 43.2. The lowest BCUT2D eigenvalue weighted by molar-refractivity contribution is -0.166. The molecule has 0 aromatic heterocycles. The first-order valence-corrected chi connectivity index (χ1v) is 27.6. The third kappa shape index (κ3) is 51.6. The monoisotopic (exact) mass is 919 g/mol. The molecule has 6 nitrogen and oxygen atoms in total. The molecule has 6 heteroatoms. The molecule has 0 aromatic rings. The molecule has 0 saturated heterocycles. The Morgan fingerprint density at radius 2 is 0.636 bits per heavy atom. The molecule has 0 aliphatic heterocycles. The van der Waals surface area contributed by atoms with E-state index < -0.39 is 12.1 Å². The molecule has 0 aromatic carbocycles. The van der Waals surface area contributed by atoms with E-state index in [1.807, 2.05) is 6.08 Å². The lowest BCUT2D eigenvalue weighted by Crippen LogP contribution is -2.30. The first-order valence-electron chi connectivity index (χ1n) is 27.6. The van der Waals surface area contributed by atoms with Crippen molar-refractivity contribution in [2.24, 2.45) is 0 Å². The van der Waals surface area contributed by atoms with Crippen LogP contribution in [0.2, 0.25) is 0 Å². The molecule has 0 radical (unpaired) electrons. The summed E-state index contributed by atoms with van der Waals surface area (Å²) < 4.78 is 16.7. The van der Waals surface area contributed by atoms with Gasteiger partial charge in [0.15, 0.2) is 6.10 Å². The fraction of sp³-hybridized carbons (Fsp3) is 0.717. The predicted molar refractivity (Wildman–Crippen MR) is 284 cm³/mol. The van der Waals surface area contributed by atoms with Gasteiger partial charge in [-0.15, -0.1) is 0 Å². The van der Waals surface area contributed by atoms with E-state index >= 15 is 0 Å². The Morgan fingerprint density at radius 1 is 0.333 bits per heavy atom. The summed E-state index contributed by atoms with van der Waals surface area (Å²) in [5.74, 6) is -1.05. The summed E-state index contributed by atoms with van der Waals surface area (Å²) in [5, 5.41) is 0. The number of rotatable bonds is 49. The fourth-order valence-electron chi connectivity index (χ4n) is 7.55. The quantitative estimate of drug-likeness (QED) is 0.0262. The number of hydrogen-bond donors (Lipinski definition) is 0. The minimum Gasteiger partial charge on any atom is -0.462 e. The second-order valence-electron chi connectivity index (χ2n) is 18.1. The Bertz CT molecular complexity index is 1290. The van der Waals surface area contributed by atoms with Gasteiger partial charge in [-0.2, -0.15) is 0 Å². The number of carbonyl (C=O) groups is 3. The van der Waals surface area contributed by atoms with Crippen LogP contribution in [0.1, 0.15) is 258 Å². The van der Waals surface area contributed by atoms with Crippen LogP contribution in [0.25, 0.3) is 0 Å². The van der Waals surface area contributed by atoms with E-state index in [0.717, 1.165) is 77.0 Å². The highest BCUT2D eigenvalue weighted by Gasteiger charge is 2.19. The summed E-state index contributed by atoms with van der Waals surface area (Å²) in [6.45, 7) is 6.43. The molecule has 0 saturated carbocycles. The van der Waals surface area contributed by atoms with Gasteiger partial charge in [-0.25, -0.2) is 0 Å². The molecule has 0 aliphatic carbocycles. The molecular weight excluding hydrogens is 817 g/mol. The summed E-state index contributed by atoms with van der Waals surface area (Å²) in [4.78, 5) is 38.0. The van der Waals surface area contributed by atoms with E-state index in [1.165, 1.54) is 141 Å². The minimum atomic E-state index is -0.831. The molecule has 0 bridgehead atoms. The highest BCUT2D eigenvalue weighted by Crippen LogP contribution is 2.15. The number of allylic oxidation sites excluding steroid dienone is 13. The van der Waals surface area contributed by atoms with Crippen LogP contribution in [-0.4, -0.2) is 37.2 Å². The van der Waals surface area contributed by atoms with Crippen molar-refractivity contribution in [2.45, 2.75) is 264 Å². The van der Waals surface area contributed by atoms with Gasteiger partial charge in [-0.1, -0.05) is 247 Å². The van der Waals surface area contributed by atoms with Gasteiger partial charge < -0.3 is 14.2 Å². The molecule has 0 rings (SSSR count). The molecule has 0 N–H and O–H groups in total. The Kier molecular flexibility index (Phi) is 51.4. The number of unbranched alkanes of at least 4 members (excludes halogenated alkanes) is 25. The number of carbonyl (C=O) groups excluding carboxylic acids is 3. The van der Waals surface area contributed by atoms with Crippen molar-refractivity contribution >= 4 is 17.9 Å². The summed E-state index contributed by atoms with van der Waals surface area (Å²) in [7, 11) is 0. The average Bonchev–Trinajstić information content (AvgIpc) is 3.31. The van der Waals surface area contributed by atoms with Crippen molar-refractivity contribution in [1.29, 1.82) is 0 Å². The lowest BCUT2D eigenvalue weighted by Gasteiger charge is -2.18. The van der Waals surface area contributed by atoms with Crippen molar-refractivity contribution in [1.82, 2.24) is 0 Å². The van der Waals surface area contributed by atoms with Crippen molar-refractivity contribution in [3.05, 3.63) is 85.1 Å². The molecule has 0 heterocycles. The Morgan fingerprint density at radius 3 is 1.00 bits per heavy atom. The van der Waals surface area contributed by atoms with Gasteiger partial charge in [-0.3, -0.25) is 14.4 Å². The SMILES string of the molecule is CC/C=C\C/C=C\C/C=C\C/C=C\C/C=C\CC(=O)OC(COC(=O)CCCCCCCCCCC/C=C\C/C=C\CCCCCCC)COC(=O)CCCCCCCCCCCCCC. The van der Waals surface area contributed by atoms with Crippen LogP contribution >= 0.6 is 0 Å². The lowest BCUT2D eigenvalue weighted by atomic mass is 10.0. The fourth-order valence-corrected chi connectivity index (χ4v) is 7.55. The third-order valence-electron chi connectivity index (χ3n) is 11.7. The van der Waals surface area contributed by atoms with Crippen LogP contribution in [-0.2, 0) is 28.6 Å². The minimum absolute atomic E-state index is 0.0968. The zero-order valence-corrected chi connectivity index (χ0v) is 43.2. The smallest absolute Gasteiger partial charge is 0.310 e. The number of hydrogen-bond acceptors (Lipinski definition) is 6. The summed E-state index contributed by atoms with van der Waals surface area (Å²) in [6, 6.07) is 0. The molecular formula is C60H102O6. The summed E-state index contributed by atoms with van der Waals surface area (Å²) >= 11 is 0. The maximum absolute atomic E-state index is 12.8. The van der Waals surface area contributed by atoms with Crippen LogP contribution in [0.4, 0.5) is 0 Å². The van der Waals surface area contributed by atoms with Gasteiger partial charge in [0.25, 0.3) is 0 Å². The van der Waals surface area contributed by atoms with E-state index in [4.69, 9.17) is 14.2 Å². The van der Waals surface area contributed by atoms with Crippen LogP contribution in [0.5, 0.6) is 0 Å². The molecule has 1 unspecified atom stereocenters. The van der Waals surface area contributed by atoms with Crippen LogP contribution in [0.15, 0.2) is 85.1 Å². The van der Waals surface area contributed by atoms with Gasteiger partial charge in [0.1, 0.15) is 13.2 Å². The maximum Gasteiger partial charge on any atom is 0.310 e. The van der Waals surface area contributed by atoms with Gasteiger partial charge in [0, 0.05) is 12.8 Å². The highest BCUT2D eigenvalue weighted by atomic mass is 16.6. The standard InChI is InChI=1S/C60H102O6/c1-4-7-10-13-16-19-22-25-27-28-29-30-31-32-34-35-38-41-44-47-50-53-59(62)65-56-57(55-64-58(61)52-49-46-43-40-37-24-21-18-15-12-9-6-3)66-60(63)54-51-48-45-42-39-36-33-26-23-20-17-14-11-8-5-2/h8,11,17,20,22,25-26,28-29,33,39,42,48,51,57H,4-7,9-10,12-16,18-19,21,23-24,27,30-32,34-38,40-41,43-47,49-50,52-56H2,1-3H3/b11-8-,20-17-,25-22-,29-28-,33-26-,42-39-,51-48-. The Balaban J connectivity index is 4.43. The third-order valence-corrected chi connectivity index (χ3v) is 11.7. The molecule has 0 aliphatic rings. The van der Waals surface area contributed by atoms with E-state index in [0.29, 0.717) is 12.8 Å². The second kappa shape index (κ2) is 54.2.